The van der Waals surface area contributed by atoms with Crippen molar-refractivity contribution >= 4 is 11.8 Å². The highest BCUT2D eigenvalue weighted by Gasteiger charge is 2.22. The Kier molecular flexibility index (Phi) is 5.42. The summed E-state index contributed by atoms with van der Waals surface area (Å²) in [6.45, 7) is 4.87. The molecule has 2 rings (SSSR count). The summed E-state index contributed by atoms with van der Waals surface area (Å²) in [6.07, 6.45) is 7.20. The van der Waals surface area contributed by atoms with Gasteiger partial charge in [0.2, 0.25) is 5.91 Å². The molecule has 1 aliphatic rings. The van der Waals surface area contributed by atoms with E-state index in [-0.39, 0.29) is 11.8 Å². The van der Waals surface area contributed by atoms with E-state index in [4.69, 9.17) is 0 Å². The molecule has 1 aromatic heterocycles. The van der Waals surface area contributed by atoms with E-state index in [2.05, 4.69) is 6.92 Å². The number of hydrogen-bond donors (Lipinski definition) is 0. The number of nitrogens with zero attached hydrogens (tertiary/aromatic N) is 3. The Morgan fingerprint density at radius 2 is 1.86 bits per heavy atom. The van der Waals surface area contributed by atoms with Crippen molar-refractivity contribution in [3.63, 3.8) is 0 Å². The molecule has 1 fully saturated rings. The van der Waals surface area contributed by atoms with Gasteiger partial charge in [-0.1, -0.05) is 13.3 Å². The van der Waals surface area contributed by atoms with Crippen molar-refractivity contribution in [2.24, 2.45) is 7.05 Å². The summed E-state index contributed by atoms with van der Waals surface area (Å²) in [7, 11) is 1.91. The SMILES string of the molecule is CCCCC(=O)N1CCCN(C(=O)c2ccn(C)c2)CC1. The predicted octanol–water partition coefficient (Wildman–Crippen LogP) is 1.89. The van der Waals surface area contributed by atoms with Crippen molar-refractivity contribution < 1.29 is 9.59 Å². The third-order valence-corrected chi connectivity index (χ3v) is 3.96. The molecule has 2 heterocycles. The minimum atomic E-state index is 0.0680. The molecule has 2 amide bonds. The van der Waals surface area contributed by atoms with E-state index in [0.717, 1.165) is 37.9 Å². The molecule has 1 saturated heterocycles. The molecule has 0 radical (unpaired) electrons. The highest BCUT2D eigenvalue weighted by atomic mass is 16.2. The van der Waals surface area contributed by atoms with Crippen molar-refractivity contribution in [1.29, 1.82) is 0 Å². The molecule has 116 valence electrons. The van der Waals surface area contributed by atoms with Crippen LogP contribution in [0, 0.1) is 0 Å². The molecule has 21 heavy (non-hydrogen) atoms. The number of aromatic nitrogens is 1. The van der Waals surface area contributed by atoms with Crippen LogP contribution in [0.1, 0.15) is 43.0 Å². The highest BCUT2D eigenvalue weighted by Crippen LogP contribution is 2.11. The van der Waals surface area contributed by atoms with Gasteiger partial charge in [0.1, 0.15) is 0 Å². The van der Waals surface area contributed by atoms with Crippen LogP contribution < -0.4 is 0 Å². The number of amides is 2. The lowest BCUT2D eigenvalue weighted by molar-refractivity contribution is -0.131. The molecule has 0 unspecified atom stereocenters. The van der Waals surface area contributed by atoms with Crippen LogP contribution in [0.4, 0.5) is 0 Å². The zero-order chi connectivity index (χ0) is 15.2. The van der Waals surface area contributed by atoms with E-state index < -0.39 is 0 Å². The third kappa shape index (κ3) is 4.09. The molecule has 5 heteroatoms. The summed E-state index contributed by atoms with van der Waals surface area (Å²) < 4.78 is 1.88. The maximum Gasteiger partial charge on any atom is 0.255 e. The number of rotatable bonds is 4. The van der Waals surface area contributed by atoms with Crippen molar-refractivity contribution in [3.05, 3.63) is 24.0 Å². The first-order chi connectivity index (χ1) is 10.1. The molecule has 0 saturated carbocycles. The van der Waals surface area contributed by atoms with Gasteiger partial charge in [0.25, 0.3) is 5.91 Å². The van der Waals surface area contributed by atoms with Gasteiger partial charge in [-0.25, -0.2) is 0 Å². The average molecular weight is 291 g/mol. The molecule has 0 atom stereocenters. The van der Waals surface area contributed by atoms with Crippen molar-refractivity contribution in [1.82, 2.24) is 14.4 Å². The predicted molar refractivity (Wildman–Crippen MR) is 82.0 cm³/mol. The molecule has 1 aromatic rings. The molecule has 0 aromatic carbocycles. The first kappa shape index (κ1) is 15.6. The number of carbonyl (C=O) groups is 2. The van der Waals surface area contributed by atoms with Crippen LogP contribution >= 0.6 is 0 Å². The molecule has 5 nitrogen and oxygen atoms in total. The zero-order valence-corrected chi connectivity index (χ0v) is 13.0. The summed E-state index contributed by atoms with van der Waals surface area (Å²) in [5, 5.41) is 0. The Morgan fingerprint density at radius 3 is 2.52 bits per heavy atom. The molecule has 1 aliphatic heterocycles. The minimum absolute atomic E-state index is 0.0680. The molecule has 0 aliphatic carbocycles. The molecule has 0 N–H and O–H groups in total. The van der Waals surface area contributed by atoms with E-state index in [1.165, 1.54) is 0 Å². The summed E-state index contributed by atoms with van der Waals surface area (Å²) in [6, 6.07) is 1.84. The zero-order valence-electron chi connectivity index (χ0n) is 13.0. The van der Waals surface area contributed by atoms with Crippen molar-refractivity contribution in [2.45, 2.75) is 32.6 Å². The van der Waals surface area contributed by atoms with Gasteiger partial charge in [0, 0.05) is 52.0 Å². The molecule has 0 bridgehead atoms. The molecular formula is C16H25N3O2. The second kappa shape index (κ2) is 7.29. The van der Waals surface area contributed by atoms with Crippen LogP contribution in [0.25, 0.3) is 0 Å². The van der Waals surface area contributed by atoms with Crippen LogP contribution in [0.15, 0.2) is 18.5 Å². The lowest BCUT2D eigenvalue weighted by Gasteiger charge is -2.22. The normalized spacial score (nSPS) is 15.9. The Bertz CT molecular complexity index is 495. The smallest absolute Gasteiger partial charge is 0.255 e. The van der Waals surface area contributed by atoms with Crippen LogP contribution in [0.5, 0.6) is 0 Å². The van der Waals surface area contributed by atoms with Crippen molar-refractivity contribution in [3.8, 4) is 0 Å². The van der Waals surface area contributed by atoms with Crippen LogP contribution in [-0.4, -0.2) is 52.4 Å². The van der Waals surface area contributed by atoms with Gasteiger partial charge in [-0.3, -0.25) is 9.59 Å². The Balaban J connectivity index is 1.91. The van der Waals surface area contributed by atoms with Gasteiger partial charge in [-0.05, 0) is 18.9 Å². The maximum atomic E-state index is 12.4. The lowest BCUT2D eigenvalue weighted by Crippen LogP contribution is -2.37. The van der Waals surface area contributed by atoms with E-state index in [1.54, 1.807) is 0 Å². The summed E-state index contributed by atoms with van der Waals surface area (Å²) in [5.41, 5.74) is 0.725. The number of aryl methyl sites for hydroxylation is 1. The largest absolute Gasteiger partial charge is 0.356 e. The fraction of sp³-hybridized carbons (Fsp3) is 0.625. The average Bonchev–Trinajstić information content (AvgIpc) is 2.76. The summed E-state index contributed by atoms with van der Waals surface area (Å²) >= 11 is 0. The number of carbonyl (C=O) groups excluding carboxylic acids is 2. The first-order valence-corrected chi connectivity index (χ1v) is 7.81. The Labute approximate surface area is 126 Å². The lowest BCUT2D eigenvalue weighted by atomic mass is 10.2. The number of unbranched alkanes of at least 4 members (excludes halogenated alkanes) is 1. The second-order valence-corrected chi connectivity index (χ2v) is 5.70. The topological polar surface area (TPSA) is 45.6 Å². The fourth-order valence-electron chi connectivity index (χ4n) is 2.67. The van der Waals surface area contributed by atoms with Crippen LogP contribution in [-0.2, 0) is 11.8 Å². The summed E-state index contributed by atoms with van der Waals surface area (Å²) in [5.74, 6) is 0.296. The maximum absolute atomic E-state index is 12.4. The molecule has 0 spiro atoms. The standard InChI is InChI=1S/C16H25N3O2/c1-3-4-6-15(20)18-8-5-9-19(12-11-18)16(21)14-7-10-17(2)13-14/h7,10,13H,3-6,8-9,11-12H2,1-2H3. The van der Waals surface area contributed by atoms with E-state index >= 15 is 0 Å². The highest BCUT2D eigenvalue weighted by molar-refractivity contribution is 5.94. The van der Waals surface area contributed by atoms with Crippen LogP contribution in [0.3, 0.4) is 0 Å². The van der Waals surface area contributed by atoms with Crippen molar-refractivity contribution in [2.75, 3.05) is 26.2 Å². The quantitative estimate of drug-likeness (QED) is 0.850. The van der Waals surface area contributed by atoms with Gasteiger partial charge >= 0.3 is 0 Å². The van der Waals surface area contributed by atoms with Gasteiger partial charge in [0.15, 0.2) is 0 Å². The van der Waals surface area contributed by atoms with Crippen LogP contribution in [0.2, 0.25) is 0 Å². The second-order valence-electron chi connectivity index (χ2n) is 5.70. The van der Waals surface area contributed by atoms with E-state index in [9.17, 15) is 9.59 Å². The van der Waals surface area contributed by atoms with Gasteiger partial charge in [0.05, 0.1) is 5.56 Å². The Morgan fingerprint density at radius 1 is 1.14 bits per heavy atom. The monoisotopic (exact) mass is 291 g/mol. The van der Waals surface area contributed by atoms with E-state index in [0.29, 0.717) is 19.5 Å². The van der Waals surface area contributed by atoms with Gasteiger partial charge in [-0.15, -0.1) is 0 Å². The molecular weight excluding hydrogens is 266 g/mol. The first-order valence-electron chi connectivity index (χ1n) is 7.81. The Hall–Kier alpha value is -1.78. The number of hydrogen-bond acceptors (Lipinski definition) is 2. The third-order valence-electron chi connectivity index (χ3n) is 3.96. The minimum Gasteiger partial charge on any atom is -0.356 e. The fourth-order valence-corrected chi connectivity index (χ4v) is 2.67. The van der Waals surface area contributed by atoms with Gasteiger partial charge in [-0.2, -0.15) is 0 Å². The van der Waals surface area contributed by atoms with E-state index in [1.807, 2.05) is 39.9 Å². The van der Waals surface area contributed by atoms with Gasteiger partial charge < -0.3 is 14.4 Å². The summed E-state index contributed by atoms with van der Waals surface area (Å²) in [4.78, 5) is 28.3.